The third-order valence-corrected chi connectivity index (χ3v) is 9.08. The number of nitrogens with one attached hydrogen (secondary N) is 3. The summed E-state index contributed by atoms with van der Waals surface area (Å²) < 4.78 is 7.79. The van der Waals surface area contributed by atoms with E-state index < -0.39 is 0 Å². The Hall–Kier alpha value is -3.95. The fourth-order valence-corrected chi connectivity index (χ4v) is 6.60. The number of nitrogens with zero attached hydrogens (tertiary/aromatic N) is 3. The van der Waals surface area contributed by atoms with Gasteiger partial charge in [-0.3, -0.25) is 9.78 Å². The number of hydrogen-bond acceptors (Lipinski definition) is 6. The second-order valence-corrected chi connectivity index (χ2v) is 12.0. The van der Waals surface area contributed by atoms with Gasteiger partial charge in [-0.05, 0) is 36.7 Å². The van der Waals surface area contributed by atoms with Crippen molar-refractivity contribution in [3.8, 4) is 39.5 Å². The number of carbonyl (C=O) groups excluding carboxylic acids is 1. The van der Waals surface area contributed by atoms with E-state index in [1.807, 2.05) is 36.4 Å². The highest BCUT2D eigenvalue weighted by atomic mass is 35.5. The highest BCUT2D eigenvalue weighted by molar-refractivity contribution is 6.39. The Morgan fingerprint density at radius 3 is 2.58 bits per heavy atom. The van der Waals surface area contributed by atoms with Crippen molar-refractivity contribution in [2.24, 2.45) is 7.05 Å². The molecule has 232 valence electrons. The van der Waals surface area contributed by atoms with Crippen molar-refractivity contribution in [2.45, 2.75) is 38.9 Å². The van der Waals surface area contributed by atoms with Crippen LogP contribution in [0.25, 0.3) is 44.5 Å². The number of benzene rings is 2. The van der Waals surface area contributed by atoms with Crippen LogP contribution in [-0.4, -0.2) is 46.7 Å². The second kappa shape index (κ2) is 13.6. The Morgan fingerprint density at radius 2 is 1.80 bits per heavy atom. The number of amides is 1. The summed E-state index contributed by atoms with van der Waals surface area (Å²) in [5.41, 5.74) is 7.97. The Balaban J connectivity index is 1.28. The van der Waals surface area contributed by atoms with E-state index in [1.54, 1.807) is 13.3 Å². The number of fused-ring (bicyclic) bond motifs is 1. The maximum atomic E-state index is 11.5. The minimum absolute atomic E-state index is 0.108. The fourth-order valence-electron chi connectivity index (χ4n) is 5.95. The number of halogens is 2. The summed E-state index contributed by atoms with van der Waals surface area (Å²) in [5.74, 6) is 0.627. The van der Waals surface area contributed by atoms with Gasteiger partial charge in [-0.2, -0.15) is 0 Å². The number of hydrogen-bond donors (Lipinski definition) is 3. The van der Waals surface area contributed by atoms with E-state index in [2.05, 4.69) is 63.9 Å². The third-order valence-electron chi connectivity index (χ3n) is 8.29. The minimum atomic E-state index is 0.108. The Kier molecular flexibility index (Phi) is 9.37. The average molecular weight is 644 g/mol. The van der Waals surface area contributed by atoms with Crippen molar-refractivity contribution in [3.63, 3.8) is 0 Å². The lowest BCUT2D eigenvalue weighted by molar-refractivity contribution is -0.119. The van der Waals surface area contributed by atoms with E-state index in [9.17, 15) is 4.79 Å². The van der Waals surface area contributed by atoms with Crippen molar-refractivity contribution in [3.05, 3.63) is 88.2 Å². The van der Waals surface area contributed by atoms with Crippen molar-refractivity contribution >= 4 is 40.0 Å². The molecule has 0 aliphatic carbocycles. The molecule has 1 atom stereocenters. The van der Waals surface area contributed by atoms with Crippen molar-refractivity contribution in [1.29, 1.82) is 0 Å². The summed E-state index contributed by atoms with van der Waals surface area (Å²) in [4.78, 5) is 21.0. The fraction of sp³-hybridized carbons (Fsp3) is 0.286. The topological polar surface area (TPSA) is 93.1 Å². The SMILES string of the molecule is CCNCc1cn(C)c2cc(-c3nccc(-c4cccc(-c5ccc(CNC[C@H]6CCC(=O)N6)c(OC)n5)c4Cl)c3Cl)ccc12. The second-order valence-electron chi connectivity index (χ2n) is 11.3. The van der Waals surface area contributed by atoms with Crippen LogP contribution in [0.15, 0.2) is 67.0 Å². The first kappa shape index (κ1) is 31.0. The zero-order valence-corrected chi connectivity index (χ0v) is 27.1. The van der Waals surface area contributed by atoms with Gasteiger partial charge in [0.1, 0.15) is 0 Å². The predicted octanol–water partition coefficient (Wildman–Crippen LogP) is 6.76. The van der Waals surface area contributed by atoms with E-state index in [0.717, 1.165) is 52.8 Å². The lowest BCUT2D eigenvalue weighted by atomic mass is 9.99. The molecule has 0 bridgehead atoms. The number of ether oxygens (including phenoxy) is 1. The number of aromatic nitrogens is 3. The number of rotatable bonds is 11. The normalized spacial score (nSPS) is 14.7. The summed E-state index contributed by atoms with van der Waals surface area (Å²) in [6, 6.07) is 18.2. The van der Waals surface area contributed by atoms with Crippen LogP contribution in [0.4, 0.5) is 0 Å². The Labute approximate surface area is 273 Å². The maximum absolute atomic E-state index is 11.5. The Morgan fingerprint density at radius 1 is 1.00 bits per heavy atom. The van der Waals surface area contributed by atoms with E-state index in [1.165, 1.54) is 10.9 Å². The molecule has 6 rings (SSSR count). The van der Waals surface area contributed by atoms with Crippen LogP contribution in [0.5, 0.6) is 5.88 Å². The van der Waals surface area contributed by atoms with Crippen molar-refractivity contribution in [1.82, 2.24) is 30.5 Å². The molecule has 1 saturated heterocycles. The van der Waals surface area contributed by atoms with Gasteiger partial charge in [-0.15, -0.1) is 0 Å². The molecular weight excluding hydrogens is 607 g/mol. The molecule has 1 aliphatic heterocycles. The molecule has 1 aliphatic rings. The molecular formula is C35H36Cl2N6O2. The van der Waals surface area contributed by atoms with E-state index in [4.69, 9.17) is 32.9 Å². The van der Waals surface area contributed by atoms with Crippen LogP contribution >= 0.6 is 23.2 Å². The number of carbonyl (C=O) groups is 1. The van der Waals surface area contributed by atoms with Gasteiger partial charge in [0.2, 0.25) is 11.8 Å². The molecule has 3 N–H and O–H groups in total. The van der Waals surface area contributed by atoms with Gasteiger partial charge in [-0.1, -0.05) is 66.5 Å². The van der Waals surface area contributed by atoms with Crippen LogP contribution in [0, 0.1) is 0 Å². The summed E-state index contributed by atoms with van der Waals surface area (Å²) in [6.07, 6.45) is 5.36. The molecule has 0 unspecified atom stereocenters. The van der Waals surface area contributed by atoms with Gasteiger partial charge in [0.25, 0.3) is 0 Å². The van der Waals surface area contributed by atoms with Gasteiger partial charge in [0.05, 0.1) is 28.5 Å². The number of aryl methyl sites for hydroxylation is 1. The molecule has 1 fully saturated rings. The lowest BCUT2D eigenvalue weighted by Gasteiger charge is -2.15. The first-order valence-electron chi connectivity index (χ1n) is 15.1. The Bertz CT molecular complexity index is 1870. The summed E-state index contributed by atoms with van der Waals surface area (Å²) in [6.45, 7) is 5.10. The number of methoxy groups -OCH3 is 1. The predicted molar refractivity (Wildman–Crippen MR) is 182 cm³/mol. The van der Waals surface area contributed by atoms with Crippen molar-refractivity contribution < 1.29 is 9.53 Å². The van der Waals surface area contributed by atoms with Gasteiger partial charge >= 0.3 is 0 Å². The van der Waals surface area contributed by atoms with Crippen LogP contribution in [0.3, 0.4) is 0 Å². The molecule has 5 aromatic rings. The van der Waals surface area contributed by atoms with Gasteiger partial charge in [0, 0.05) is 90.3 Å². The summed E-state index contributed by atoms with van der Waals surface area (Å²) >= 11 is 14.2. The maximum Gasteiger partial charge on any atom is 0.220 e. The average Bonchev–Trinajstić information content (AvgIpc) is 3.61. The largest absolute Gasteiger partial charge is 0.481 e. The third kappa shape index (κ3) is 6.42. The lowest BCUT2D eigenvalue weighted by Crippen LogP contribution is -2.35. The van der Waals surface area contributed by atoms with Crippen molar-refractivity contribution in [2.75, 3.05) is 20.2 Å². The first-order chi connectivity index (χ1) is 21.9. The van der Waals surface area contributed by atoms with Gasteiger partial charge < -0.3 is 25.3 Å². The summed E-state index contributed by atoms with van der Waals surface area (Å²) in [5, 5.41) is 12.1. The molecule has 2 aromatic carbocycles. The van der Waals surface area contributed by atoms with E-state index in [0.29, 0.717) is 46.8 Å². The zero-order chi connectivity index (χ0) is 31.5. The van der Waals surface area contributed by atoms with E-state index in [-0.39, 0.29) is 11.9 Å². The quantitative estimate of drug-likeness (QED) is 0.147. The molecule has 3 aromatic heterocycles. The minimum Gasteiger partial charge on any atom is -0.481 e. The van der Waals surface area contributed by atoms with Crippen LogP contribution < -0.4 is 20.7 Å². The molecule has 4 heterocycles. The molecule has 0 saturated carbocycles. The van der Waals surface area contributed by atoms with Gasteiger partial charge in [0.15, 0.2) is 0 Å². The molecule has 45 heavy (non-hydrogen) atoms. The molecule has 8 nitrogen and oxygen atoms in total. The monoisotopic (exact) mass is 642 g/mol. The zero-order valence-electron chi connectivity index (χ0n) is 25.6. The molecule has 1 amide bonds. The first-order valence-corrected chi connectivity index (χ1v) is 15.9. The number of pyridine rings is 2. The summed E-state index contributed by atoms with van der Waals surface area (Å²) in [7, 11) is 3.67. The molecule has 0 radical (unpaired) electrons. The van der Waals surface area contributed by atoms with Gasteiger partial charge in [-0.25, -0.2) is 4.98 Å². The molecule has 10 heteroatoms. The molecule has 0 spiro atoms. The van der Waals surface area contributed by atoms with E-state index >= 15 is 0 Å². The van der Waals surface area contributed by atoms with Crippen LogP contribution in [0.2, 0.25) is 10.0 Å². The highest BCUT2D eigenvalue weighted by Crippen LogP contribution is 2.42. The van der Waals surface area contributed by atoms with Crippen LogP contribution in [-0.2, 0) is 24.9 Å². The smallest absolute Gasteiger partial charge is 0.220 e. The standard InChI is InChI=1S/C35H36Cl2N6O2/c1-4-38-18-23-20-43(2)30-16-21(8-11-25(23)30)34-33(37)27(14-15-40-34)26-6-5-7-28(32(26)36)29-12-9-22(35(42-29)45-3)17-39-19-24-10-13-31(44)41-24/h5-9,11-12,14-16,20,24,38-39H,4,10,13,17-19H2,1-3H3,(H,41,44)/t24-/m1/s1. The highest BCUT2D eigenvalue weighted by Gasteiger charge is 2.21. The van der Waals surface area contributed by atoms with Crippen LogP contribution in [0.1, 0.15) is 30.9 Å².